The van der Waals surface area contributed by atoms with Crippen LogP contribution in [0.4, 0.5) is 0 Å². The van der Waals surface area contributed by atoms with Crippen LogP contribution >= 0.6 is 15.9 Å². The number of halogens is 1. The number of hydrogen-bond donors (Lipinski definition) is 1. The van der Waals surface area contributed by atoms with Crippen LogP contribution in [0.3, 0.4) is 0 Å². The lowest BCUT2D eigenvalue weighted by Crippen LogP contribution is -2.28. The molecule has 0 radical (unpaired) electrons. The van der Waals surface area contributed by atoms with Crippen molar-refractivity contribution in [1.82, 2.24) is 5.32 Å². The molecule has 0 bridgehead atoms. The second-order valence-corrected chi connectivity index (χ2v) is 5.72. The number of furan rings is 2. The van der Waals surface area contributed by atoms with E-state index in [0.29, 0.717) is 12.1 Å². The van der Waals surface area contributed by atoms with Crippen molar-refractivity contribution in [3.05, 3.63) is 82.6 Å². The van der Waals surface area contributed by atoms with Crippen LogP contribution in [0, 0.1) is 0 Å². The van der Waals surface area contributed by atoms with Gasteiger partial charge in [-0.15, -0.1) is 0 Å². The van der Waals surface area contributed by atoms with Gasteiger partial charge in [0, 0.05) is 16.6 Å². The fourth-order valence-corrected chi connectivity index (χ4v) is 2.65. The minimum absolute atomic E-state index is 0.135. The van der Waals surface area contributed by atoms with Crippen molar-refractivity contribution in [3.63, 3.8) is 0 Å². The number of amides is 1. The van der Waals surface area contributed by atoms with E-state index in [1.165, 1.54) is 0 Å². The third-order valence-electron chi connectivity index (χ3n) is 3.33. The molecule has 1 N–H and O–H groups in total. The van der Waals surface area contributed by atoms with Crippen LogP contribution in [0.2, 0.25) is 0 Å². The molecule has 5 heteroatoms. The quantitative estimate of drug-likeness (QED) is 0.742. The fraction of sp³-hybridized carbons (Fsp3) is 0.118. The average molecular weight is 360 g/mol. The molecule has 0 fully saturated rings. The van der Waals surface area contributed by atoms with E-state index in [4.69, 9.17) is 8.83 Å². The van der Waals surface area contributed by atoms with Gasteiger partial charge < -0.3 is 14.2 Å². The molecule has 4 nitrogen and oxygen atoms in total. The summed E-state index contributed by atoms with van der Waals surface area (Å²) in [6.45, 7) is 0.395. The van der Waals surface area contributed by atoms with Crippen molar-refractivity contribution >= 4 is 21.8 Å². The molecule has 2 heterocycles. The van der Waals surface area contributed by atoms with Crippen molar-refractivity contribution in [2.75, 3.05) is 6.54 Å². The highest BCUT2D eigenvalue weighted by molar-refractivity contribution is 9.10. The van der Waals surface area contributed by atoms with Gasteiger partial charge in [-0.25, -0.2) is 0 Å². The van der Waals surface area contributed by atoms with Crippen LogP contribution in [0.1, 0.15) is 27.8 Å². The monoisotopic (exact) mass is 359 g/mol. The lowest BCUT2D eigenvalue weighted by Gasteiger charge is -2.13. The maximum Gasteiger partial charge on any atom is 0.251 e. The van der Waals surface area contributed by atoms with Gasteiger partial charge in [-0.1, -0.05) is 22.0 Å². The summed E-state index contributed by atoms with van der Waals surface area (Å²) in [5.74, 6) is 1.22. The zero-order valence-electron chi connectivity index (χ0n) is 11.7. The van der Waals surface area contributed by atoms with Crippen LogP contribution in [0.25, 0.3) is 0 Å². The third-order valence-corrected chi connectivity index (χ3v) is 3.82. The number of hydrogen-bond acceptors (Lipinski definition) is 3. The maximum absolute atomic E-state index is 12.2. The van der Waals surface area contributed by atoms with Gasteiger partial charge in [0.1, 0.15) is 11.5 Å². The molecule has 1 amide bonds. The molecule has 3 aromatic rings. The normalized spacial score (nSPS) is 10.8. The van der Waals surface area contributed by atoms with E-state index in [0.717, 1.165) is 16.0 Å². The Morgan fingerprint density at radius 2 is 1.73 bits per heavy atom. The molecule has 0 aliphatic rings. The molecule has 22 heavy (non-hydrogen) atoms. The standard InChI is InChI=1S/C17H14BrNO3/c18-13-5-1-4-12(10-13)17(20)19-11-14(15-6-2-8-21-15)16-7-3-9-22-16/h1-10,14H,11H2,(H,19,20). The first-order valence-corrected chi connectivity index (χ1v) is 7.64. The van der Waals surface area contributed by atoms with E-state index in [-0.39, 0.29) is 11.8 Å². The number of carbonyl (C=O) groups excluding carboxylic acids is 1. The Morgan fingerprint density at radius 3 is 2.27 bits per heavy atom. The maximum atomic E-state index is 12.2. The summed E-state index contributed by atoms with van der Waals surface area (Å²) in [7, 11) is 0. The van der Waals surface area contributed by atoms with Crippen molar-refractivity contribution < 1.29 is 13.6 Å². The highest BCUT2D eigenvalue weighted by Gasteiger charge is 2.20. The minimum Gasteiger partial charge on any atom is -0.469 e. The highest BCUT2D eigenvalue weighted by Crippen LogP contribution is 2.25. The Hall–Kier alpha value is -2.27. The van der Waals surface area contributed by atoms with Crippen LogP contribution < -0.4 is 5.32 Å². The third kappa shape index (κ3) is 3.31. The summed E-state index contributed by atoms with van der Waals surface area (Å²) in [4.78, 5) is 12.2. The van der Waals surface area contributed by atoms with Gasteiger partial charge in [-0.3, -0.25) is 4.79 Å². The number of carbonyl (C=O) groups is 1. The Balaban J connectivity index is 1.73. The largest absolute Gasteiger partial charge is 0.469 e. The number of nitrogens with one attached hydrogen (secondary N) is 1. The van der Waals surface area contributed by atoms with Gasteiger partial charge in [0.25, 0.3) is 5.91 Å². The first-order chi connectivity index (χ1) is 10.7. The summed E-state index contributed by atoms with van der Waals surface area (Å²) in [5.41, 5.74) is 0.604. The highest BCUT2D eigenvalue weighted by atomic mass is 79.9. The van der Waals surface area contributed by atoms with Gasteiger partial charge >= 0.3 is 0 Å². The molecule has 112 valence electrons. The first-order valence-electron chi connectivity index (χ1n) is 6.84. The Kier molecular flexibility index (Phi) is 4.44. The molecule has 0 unspecified atom stereocenters. The molecule has 1 aromatic carbocycles. The summed E-state index contributed by atoms with van der Waals surface area (Å²) in [6.07, 6.45) is 3.23. The van der Waals surface area contributed by atoms with Crippen molar-refractivity contribution in [2.24, 2.45) is 0 Å². The van der Waals surface area contributed by atoms with E-state index >= 15 is 0 Å². The summed E-state index contributed by atoms with van der Waals surface area (Å²) < 4.78 is 11.8. The molecular weight excluding hydrogens is 346 g/mol. The van der Waals surface area contributed by atoms with Gasteiger partial charge in [0.2, 0.25) is 0 Å². The molecular formula is C17H14BrNO3. The summed E-state index contributed by atoms with van der Waals surface area (Å²) >= 11 is 3.36. The second kappa shape index (κ2) is 6.66. The minimum atomic E-state index is -0.152. The Bertz CT molecular complexity index is 701. The van der Waals surface area contributed by atoms with Crippen molar-refractivity contribution in [1.29, 1.82) is 0 Å². The van der Waals surface area contributed by atoms with Gasteiger partial charge in [-0.2, -0.15) is 0 Å². The molecule has 0 atom stereocenters. The number of benzene rings is 1. The van der Waals surface area contributed by atoms with Crippen LogP contribution in [0.5, 0.6) is 0 Å². The van der Waals surface area contributed by atoms with E-state index in [9.17, 15) is 4.79 Å². The SMILES string of the molecule is O=C(NCC(c1ccco1)c1ccco1)c1cccc(Br)c1. The van der Waals surface area contributed by atoms with Gasteiger partial charge in [0.05, 0.1) is 18.4 Å². The van der Waals surface area contributed by atoms with Crippen LogP contribution in [-0.4, -0.2) is 12.5 Å². The Morgan fingerprint density at radius 1 is 1.05 bits per heavy atom. The van der Waals surface area contributed by atoms with Crippen molar-refractivity contribution in [2.45, 2.75) is 5.92 Å². The predicted octanol–water partition coefficient (Wildman–Crippen LogP) is 4.20. The lowest BCUT2D eigenvalue weighted by molar-refractivity contribution is 0.0951. The van der Waals surface area contributed by atoms with E-state index in [1.54, 1.807) is 24.7 Å². The van der Waals surface area contributed by atoms with E-state index < -0.39 is 0 Å². The fourth-order valence-electron chi connectivity index (χ4n) is 2.25. The molecule has 0 spiro atoms. The Labute approximate surface area is 136 Å². The first kappa shape index (κ1) is 14.7. The molecule has 0 saturated carbocycles. The second-order valence-electron chi connectivity index (χ2n) is 4.80. The lowest BCUT2D eigenvalue weighted by atomic mass is 10.0. The molecule has 0 aliphatic carbocycles. The average Bonchev–Trinajstić information content (AvgIpc) is 3.21. The van der Waals surface area contributed by atoms with E-state index in [1.807, 2.05) is 36.4 Å². The molecule has 2 aromatic heterocycles. The summed E-state index contributed by atoms with van der Waals surface area (Å²) in [5, 5.41) is 2.92. The zero-order chi connectivity index (χ0) is 15.4. The van der Waals surface area contributed by atoms with E-state index in [2.05, 4.69) is 21.2 Å². The van der Waals surface area contributed by atoms with Crippen LogP contribution in [-0.2, 0) is 0 Å². The topological polar surface area (TPSA) is 55.4 Å². The smallest absolute Gasteiger partial charge is 0.251 e. The van der Waals surface area contributed by atoms with Gasteiger partial charge in [0.15, 0.2) is 0 Å². The zero-order valence-corrected chi connectivity index (χ0v) is 13.2. The number of rotatable bonds is 5. The van der Waals surface area contributed by atoms with Crippen LogP contribution in [0.15, 0.2) is 74.4 Å². The molecule has 0 aliphatic heterocycles. The molecule has 0 saturated heterocycles. The predicted molar refractivity (Wildman–Crippen MR) is 85.7 cm³/mol. The van der Waals surface area contributed by atoms with Gasteiger partial charge in [-0.05, 0) is 42.5 Å². The summed E-state index contributed by atoms with van der Waals surface area (Å²) in [6, 6.07) is 14.7. The molecule has 3 rings (SSSR count). The van der Waals surface area contributed by atoms with Crippen molar-refractivity contribution in [3.8, 4) is 0 Å².